The molecular formula is C15H21N3O3. The summed E-state index contributed by atoms with van der Waals surface area (Å²) in [4.78, 5) is 25.1. The fourth-order valence-corrected chi connectivity index (χ4v) is 2.77. The highest BCUT2D eigenvalue weighted by molar-refractivity contribution is 5.96. The summed E-state index contributed by atoms with van der Waals surface area (Å²) in [6.07, 6.45) is 4.24. The molecule has 1 unspecified atom stereocenters. The number of carbonyl (C=O) groups excluding carboxylic acids is 1. The van der Waals surface area contributed by atoms with Gasteiger partial charge in [0.1, 0.15) is 5.69 Å². The minimum Gasteiger partial charge on any atom is -0.383 e. The molecule has 114 valence electrons. The molecule has 1 amide bonds. The predicted molar refractivity (Wildman–Crippen MR) is 81.6 cm³/mol. The van der Waals surface area contributed by atoms with Gasteiger partial charge >= 0.3 is 0 Å². The lowest BCUT2D eigenvalue weighted by Crippen LogP contribution is -2.38. The van der Waals surface area contributed by atoms with Crippen LogP contribution in [0.5, 0.6) is 0 Å². The molecule has 0 saturated carbocycles. The Morgan fingerprint density at radius 1 is 1.38 bits per heavy atom. The molecule has 0 aliphatic carbocycles. The Morgan fingerprint density at radius 2 is 2.14 bits per heavy atom. The highest BCUT2D eigenvalue weighted by Gasteiger charge is 2.25. The van der Waals surface area contributed by atoms with Crippen LogP contribution >= 0.6 is 0 Å². The van der Waals surface area contributed by atoms with Crippen LogP contribution < -0.4 is 5.32 Å². The quantitative estimate of drug-likeness (QED) is 0.686. The summed E-state index contributed by atoms with van der Waals surface area (Å²) in [6.45, 7) is 2.77. The Labute approximate surface area is 124 Å². The molecule has 1 heterocycles. The number of nitrogens with one attached hydrogen (secondary N) is 1. The van der Waals surface area contributed by atoms with Gasteiger partial charge in [0.2, 0.25) is 0 Å². The van der Waals surface area contributed by atoms with Crippen LogP contribution in [0.25, 0.3) is 0 Å². The van der Waals surface area contributed by atoms with Crippen LogP contribution in [-0.2, 0) is 0 Å². The summed E-state index contributed by atoms with van der Waals surface area (Å²) in [5.41, 5.74) is 0.737. The number of rotatable bonds is 3. The van der Waals surface area contributed by atoms with E-state index in [0.29, 0.717) is 11.3 Å². The molecule has 1 aliphatic rings. The monoisotopic (exact) mass is 291 g/mol. The molecule has 1 aliphatic heterocycles. The molecule has 6 nitrogen and oxygen atoms in total. The molecule has 2 rings (SSSR count). The molecule has 0 aromatic heterocycles. The first-order valence-electron chi connectivity index (χ1n) is 7.31. The van der Waals surface area contributed by atoms with Gasteiger partial charge in [-0.2, -0.15) is 0 Å². The van der Waals surface area contributed by atoms with Crippen LogP contribution in [0.1, 0.15) is 43.0 Å². The predicted octanol–water partition coefficient (Wildman–Crippen LogP) is 3.04. The van der Waals surface area contributed by atoms with E-state index in [9.17, 15) is 14.9 Å². The van der Waals surface area contributed by atoms with Crippen LogP contribution in [0.2, 0.25) is 0 Å². The van der Waals surface area contributed by atoms with Crippen molar-refractivity contribution in [2.24, 2.45) is 0 Å². The first-order chi connectivity index (χ1) is 10.0. The molecule has 1 saturated heterocycles. The van der Waals surface area contributed by atoms with Gasteiger partial charge in [0, 0.05) is 31.3 Å². The van der Waals surface area contributed by atoms with Gasteiger partial charge in [-0.25, -0.2) is 0 Å². The van der Waals surface area contributed by atoms with Crippen molar-refractivity contribution in [3.05, 3.63) is 33.9 Å². The molecule has 1 aromatic rings. The van der Waals surface area contributed by atoms with Crippen molar-refractivity contribution in [1.82, 2.24) is 4.90 Å². The number of nitrogens with zero attached hydrogens (tertiary/aromatic N) is 2. The molecule has 1 aromatic carbocycles. The number of nitro benzene ring substituents is 1. The number of hydrogen-bond acceptors (Lipinski definition) is 4. The summed E-state index contributed by atoms with van der Waals surface area (Å²) in [6, 6.07) is 4.79. The van der Waals surface area contributed by atoms with Gasteiger partial charge in [0.25, 0.3) is 11.6 Å². The zero-order chi connectivity index (χ0) is 15.4. The summed E-state index contributed by atoms with van der Waals surface area (Å²) >= 11 is 0. The van der Waals surface area contributed by atoms with E-state index in [-0.39, 0.29) is 17.6 Å². The van der Waals surface area contributed by atoms with Crippen molar-refractivity contribution in [3.63, 3.8) is 0 Å². The maximum atomic E-state index is 12.6. The van der Waals surface area contributed by atoms with Crippen LogP contribution in [0, 0.1) is 10.1 Å². The Morgan fingerprint density at radius 3 is 2.81 bits per heavy atom. The minimum atomic E-state index is -0.464. The van der Waals surface area contributed by atoms with Gasteiger partial charge in [-0.1, -0.05) is 12.8 Å². The Hall–Kier alpha value is -2.11. The van der Waals surface area contributed by atoms with Crippen molar-refractivity contribution in [2.75, 3.05) is 18.9 Å². The fraction of sp³-hybridized carbons (Fsp3) is 0.533. The van der Waals surface area contributed by atoms with Crippen molar-refractivity contribution < 1.29 is 9.72 Å². The van der Waals surface area contributed by atoms with Gasteiger partial charge in [-0.3, -0.25) is 14.9 Å². The second-order valence-corrected chi connectivity index (χ2v) is 5.44. The van der Waals surface area contributed by atoms with E-state index in [4.69, 9.17) is 0 Å². The molecule has 0 radical (unpaired) electrons. The third-order valence-corrected chi connectivity index (χ3v) is 4.02. The van der Waals surface area contributed by atoms with Gasteiger partial charge in [0.05, 0.1) is 4.92 Å². The second kappa shape index (κ2) is 6.56. The summed E-state index contributed by atoms with van der Waals surface area (Å²) in [5.74, 6) is -0.116. The third kappa shape index (κ3) is 3.32. The van der Waals surface area contributed by atoms with Gasteiger partial charge in [-0.05, 0) is 31.9 Å². The Bertz CT molecular complexity index is 545. The number of anilines is 1. The SMILES string of the molecule is CNc1ccc(C(=O)N2CCCCCC2C)cc1[N+](=O)[O-]. The third-order valence-electron chi connectivity index (χ3n) is 4.02. The van der Waals surface area contributed by atoms with Crippen LogP contribution in [0.3, 0.4) is 0 Å². The van der Waals surface area contributed by atoms with Gasteiger partial charge < -0.3 is 10.2 Å². The number of hydrogen-bond donors (Lipinski definition) is 1. The number of likely N-dealkylation sites (tertiary alicyclic amines) is 1. The minimum absolute atomic E-state index is 0.0641. The summed E-state index contributed by atoms with van der Waals surface area (Å²) < 4.78 is 0. The second-order valence-electron chi connectivity index (χ2n) is 5.44. The molecule has 0 spiro atoms. The number of nitro groups is 1. The highest BCUT2D eigenvalue weighted by Crippen LogP contribution is 2.27. The molecule has 1 atom stereocenters. The van der Waals surface area contributed by atoms with E-state index >= 15 is 0 Å². The smallest absolute Gasteiger partial charge is 0.293 e. The largest absolute Gasteiger partial charge is 0.383 e. The zero-order valence-corrected chi connectivity index (χ0v) is 12.5. The summed E-state index contributed by atoms with van der Waals surface area (Å²) in [7, 11) is 1.63. The lowest BCUT2D eigenvalue weighted by atomic mass is 10.1. The van der Waals surface area contributed by atoms with Crippen molar-refractivity contribution in [3.8, 4) is 0 Å². The van der Waals surface area contributed by atoms with Gasteiger partial charge in [0.15, 0.2) is 0 Å². The normalized spacial score (nSPS) is 19.0. The molecule has 1 fully saturated rings. The van der Waals surface area contributed by atoms with E-state index < -0.39 is 4.92 Å². The average Bonchev–Trinajstić information content (AvgIpc) is 2.70. The van der Waals surface area contributed by atoms with E-state index in [2.05, 4.69) is 5.32 Å². The van der Waals surface area contributed by atoms with E-state index in [1.165, 1.54) is 6.07 Å². The van der Waals surface area contributed by atoms with Gasteiger partial charge in [-0.15, -0.1) is 0 Å². The fourth-order valence-electron chi connectivity index (χ4n) is 2.77. The number of benzene rings is 1. The van der Waals surface area contributed by atoms with Crippen molar-refractivity contribution in [1.29, 1.82) is 0 Å². The molecule has 21 heavy (non-hydrogen) atoms. The van der Waals surface area contributed by atoms with E-state index in [1.807, 2.05) is 11.8 Å². The first kappa shape index (κ1) is 15.3. The standard InChI is InChI=1S/C15H21N3O3/c1-11-6-4-3-5-9-17(11)15(19)12-7-8-13(16-2)14(10-12)18(20)21/h7-8,10-11,16H,3-6,9H2,1-2H3. The highest BCUT2D eigenvalue weighted by atomic mass is 16.6. The molecule has 0 bridgehead atoms. The molecule has 1 N–H and O–H groups in total. The Balaban J connectivity index is 2.30. The molecule has 6 heteroatoms. The maximum Gasteiger partial charge on any atom is 0.293 e. The average molecular weight is 291 g/mol. The molecular weight excluding hydrogens is 270 g/mol. The topological polar surface area (TPSA) is 75.5 Å². The van der Waals surface area contributed by atoms with Crippen LogP contribution in [0.15, 0.2) is 18.2 Å². The van der Waals surface area contributed by atoms with Crippen LogP contribution in [-0.4, -0.2) is 35.4 Å². The van der Waals surface area contributed by atoms with Crippen molar-refractivity contribution >= 4 is 17.3 Å². The number of carbonyl (C=O) groups is 1. The van der Waals surface area contributed by atoms with Crippen molar-refractivity contribution in [2.45, 2.75) is 38.6 Å². The summed E-state index contributed by atoms with van der Waals surface area (Å²) in [5, 5.41) is 13.9. The van der Waals surface area contributed by atoms with Crippen LogP contribution in [0.4, 0.5) is 11.4 Å². The number of amides is 1. The maximum absolute atomic E-state index is 12.6. The lowest BCUT2D eigenvalue weighted by molar-refractivity contribution is -0.384. The lowest BCUT2D eigenvalue weighted by Gasteiger charge is -2.27. The van der Waals surface area contributed by atoms with E-state index in [0.717, 1.165) is 32.2 Å². The Kier molecular flexibility index (Phi) is 4.77. The zero-order valence-electron chi connectivity index (χ0n) is 12.5. The first-order valence-corrected chi connectivity index (χ1v) is 7.31. The van der Waals surface area contributed by atoms with E-state index in [1.54, 1.807) is 19.2 Å².